The van der Waals surface area contributed by atoms with Crippen molar-refractivity contribution in [3.8, 4) is 0 Å². The Morgan fingerprint density at radius 3 is 2.48 bits per heavy atom. The monoisotopic (exact) mass is 318 g/mol. The van der Waals surface area contributed by atoms with E-state index in [1.54, 1.807) is 4.90 Å². The van der Waals surface area contributed by atoms with Gasteiger partial charge in [0.15, 0.2) is 0 Å². The Labute approximate surface area is 140 Å². The molecule has 1 heterocycles. The molecule has 23 heavy (non-hydrogen) atoms. The number of hydrogen-bond acceptors (Lipinski definition) is 3. The van der Waals surface area contributed by atoms with Crippen molar-refractivity contribution in [2.75, 3.05) is 13.1 Å². The van der Waals surface area contributed by atoms with Gasteiger partial charge < -0.3 is 15.4 Å². The Bertz CT molecular complexity index is 519. The lowest BCUT2D eigenvalue weighted by Crippen LogP contribution is -2.50. The number of likely N-dealkylation sites (tertiary alicyclic amines) is 1. The van der Waals surface area contributed by atoms with Gasteiger partial charge in [-0.15, -0.1) is 0 Å². The molecular formula is C19H30N2O2. The summed E-state index contributed by atoms with van der Waals surface area (Å²) in [6, 6.07) is 8.74. The van der Waals surface area contributed by atoms with Gasteiger partial charge in [0.25, 0.3) is 0 Å². The summed E-state index contributed by atoms with van der Waals surface area (Å²) in [7, 11) is 0. The largest absolute Gasteiger partial charge is 0.444 e. The first kappa shape index (κ1) is 17.8. The molecule has 1 aromatic carbocycles. The van der Waals surface area contributed by atoms with Gasteiger partial charge in [0, 0.05) is 25.0 Å². The van der Waals surface area contributed by atoms with Crippen LogP contribution in [0, 0.1) is 0 Å². The first-order valence-corrected chi connectivity index (χ1v) is 8.62. The molecule has 1 saturated heterocycles. The highest BCUT2D eigenvalue weighted by Gasteiger charge is 2.32. The zero-order valence-corrected chi connectivity index (χ0v) is 14.8. The number of rotatable bonds is 3. The van der Waals surface area contributed by atoms with E-state index in [1.807, 2.05) is 20.8 Å². The van der Waals surface area contributed by atoms with E-state index in [-0.39, 0.29) is 12.1 Å². The summed E-state index contributed by atoms with van der Waals surface area (Å²) >= 11 is 0. The van der Waals surface area contributed by atoms with Crippen molar-refractivity contribution in [1.29, 1.82) is 0 Å². The lowest BCUT2D eigenvalue weighted by Gasteiger charge is -2.37. The van der Waals surface area contributed by atoms with E-state index in [0.29, 0.717) is 19.0 Å². The van der Waals surface area contributed by atoms with E-state index in [1.165, 1.54) is 11.1 Å². The number of benzene rings is 1. The van der Waals surface area contributed by atoms with E-state index < -0.39 is 5.60 Å². The highest BCUT2D eigenvalue weighted by molar-refractivity contribution is 5.68. The van der Waals surface area contributed by atoms with Gasteiger partial charge in [-0.1, -0.05) is 37.6 Å². The molecule has 0 spiro atoms. The summed E-state index contributed by atoms with van der Waals surface area (Å²) in [5.41, 5.74) is 8.54. The number of aryl methyl sites for hydroxylation is 1. The molecule has 4 heteroatoms. The molecular weight excluding hydrogens is 288 g/mol. The average molecular weight is 318 g/mol. The van der Waals surface area contributed by atoms with Gasteiger partial charge in [0.2, 0.25) is 0 Å². The van der Waals surface area contributed by atoms with Crippen LogP contribution in [0.25, 0.3) is 0 Å². The van der Waals surface area contributed by atoms with Crippen molar-refractivity contribution in [2.45, 2.75) is 64.5 Å². The molecule has 0 unspecified atom stereocenters. The maximum atomic E-state index is 12.2. The van der Waals surface area contributed by atoms with Crippen LogP contribution in [0.15, 0.2) is 24.3 Å². The van der Waals surface area contributed by atoms with Crippen LogP contribution < -0.4 is 5.73 Å². The van der Waals surface area contributed by atoms with Gasteiger partial charge in [0.1, 0.15) is 5.60 Å². The maximum absolute atomic E-state index is 12.2. The summed E-state index contributed by atoms with van der Waals surface area (Å²) < 4.78 is 5.44. The van der Waals surface area contributed by atoms with Gasteiger partial charge in [-0.2, -0.15) is 0 Å². The van der Waals surface area contributed by atoms with Gasteiger partial charge in [-0.3, -0.25) is 0 Å². The predicted octanol–water partition coefficient (Wildman–Crippen LogP) is 3.69. The molecule has 1 aromatic rings. The highest BCUT2D eigenvalue weighted by Crippen LogP contribution is 2.28. The minimum Gasteiger partial charge on any atom is -0.444 e. The Balaban J connectivity index is 1.97. The number of amides is 1. The van der Waals surface area contributed by atoms with Crippen molar-refractivity contribution in [3.63, 3.8) is 0 Å². The average Bonchev–Trinajstić information content (AvgIpc) is 2.47. The molecule has 0 saturated carbocycles. The molecule has 128 valence electrons. The number of carbonyl (C=O) groups excluding carboxylic acids is 1. The number of hydrogen-bond donors (Lipinski definition) is 1. The molecule has 2 rings (SSSR count). The number of ether oxygens (including phenoxy) is 1. The van der Waals surface area contributed by atoms with E-state index >= 15 is 0 Å². The number of nitrogens with two attached hydrogens (primary N) is 1. The first-order valence-electron chi connectivity index (χ1n) is 8.62. The highest BCUT2D eigenvalue weighted by atomic mass is 16.6. The third-order valence-electron chi connectivity index (χ3n) is 4.26. The maximum Gasteiger partial charge on any atom is 0.410 e. The third kappa shape index (κ3) is 4.96. The predicted molar refractivity (Wildman–Crippen MR) is 93.6 cm³/mol. The fraction of sp³-hybridized carbons (Fsp3) is 0.632. The molecule has 0 aromatic heterocycles. The van der Waals surface area contributed by atoms with Crippen LogP contribution in [0.3, 0.4) is 0 Å². The second-order valence-electron chi connectivity index (χ2n) is 7.48. The fourth-order valence-corrected chi connectivity index (χ4v) is 3.11. The van der Waals surface area contributed by atoms with Crippen molar-refractivity contribution in [1.82, 2.24) is 4.90 Å². The second kappa shape index (κ2) is 7.35. The standard InChI is InChI=1S/C19H30N2O2/c1-5-6-14-7-9-15(10-8-14)16-11-12-21(13-17(16)20)18(22)23-19(2,3)4/h7-10,16-17H,5-6,11-13,20H2,1-4H3/t16-,17+/m1/s1. The van der Waals surface area contributed by atoms with E-state index in [0.717, 1.165) is 19.3 Å². The van der Waals surface area contributed by atoms with Crippen LogP contribution in [0.2, 0.25) is 0 Å². The molecule has 2 atom stereocenters. The SMILES string of the molecule is CCCc1ccc([C@H]2CCN(C(=O)OC(C)(C)C)C[C@@H]2N)cc1. The summed E-state index contributed by atoms with van der Waals surface area (Å²) in [6.45, 7) is 9.09. The van der Waals surface area contributed by atoms with Crippen LogP contribution in [0.5, 0.6) is 0 Å². The second-order valence-corrected chi connectivity index (χ2v) is 7.48. The summed E-state index contributed by atoms with van der Waals surface area (Å²) in [6.07, 6.45) is 2.90. The molecule has 2 N–H and O–H groups in total. The first-order chi connectivity index (χ1) is 10.8. The summed E-state index contributed by atoms with van der Waals surface area (Å²) in [5, 5.41) is 0. The molecule has 0 bridgehead atoms. The number of piperidine rings is 1. The molecule has 1 amide bonds. The van der Waals surface area contributed by atoms with E-state index in [4.69, 9.17) is 10.5 Å². The van der Waals surface area contributed by atoms with Crippen LogP contribution >= 0.6 is 0 Å². The zero-order valence-electron chi connectivity index (χ0n) is 14.8. The number of carbonyl (C=O) groups is 1. The zero-order chi connectivity index (χ0) is 17.0. The Morgan fingerprint density at radius 2 is 1.96 bits per heavy atom. The molecule has 1 aliphatic rings. The van der Waals surface area contributed by atoms with Gasteiger partial charge in [-0.25, -0.2) is 4.79 Å². The topological polar surface area (TPSA) is 55.6 Å². The van der Waals surface area contributed by atoms with Gasteiger partial charge >= 0.3 is 6.09 Å². The van der Waals surface area contributed by atoms with Crippen molar-refractivity contribution >= 4 is 6.09 Å². The van der Waals surface area contributed by atoms with E-state index in [2.05, 4.69) is 31.2 Å². The normalized spacial score (nSPS) is 22.0. The lowest BCUT2D eigenvalue weighted by molar-refractivity contribution is 0.0186. The summed E-state index contributed by atoms with van der Waals surface area (Å²) in [4.78, 5) is 13.9. The molecule has 4 nitrogen and oxygen atoms in total. The minimum atomic E-state index is -0.465. The molecule has 1 aliphatic heterocycles. The van der Waals surface area contributed by atoms with E-state index in [9.17, 15) is 4.79 Å². The van der Waals surface area contributed by atoms with Gasteiger partial charge in [-0.05, 0) is 44.7 Å². The smallest absolute Gasteiger partial charge is 0.410 e. The fourth-order valence-electron chi connectivity index (χ4n) is 3.11. The van der Waals surface area contributed by atoms with Crippen molar-refractivity contribution in [2.24, 2.45) is 5.73 Å². The third-order valence-corrected chi connectivity index (χ3v) is 4.26. The Hall–Kier alpha value is -1.55. The molecule has 1 fully saturated rings. The van der Waals surface area contributed by atoms with Gasteiger partial charge in [0.05, 0.1) is 0 Å². The molecule has 0 aliphatic carbocycles. The lowest BCUT2D eigenvalue weighted by atomic mass is 9.85. The molecule has 0 radical (unpaired) electrons. The van der Waals surface area contributed by atoms with Crippen LogP contribution in [0.1, 0.15) is 57.6 Å². The van der Waals surface area contributed by atoms with Crippen molar-refractivity contribution < 1.29 is 9.53 Å². The van der Waals surface area contributed by atoms with Crippen molar-refractivity contribution in [3.05, 3.63) is 35.4 Å². The summed E-state index contributed by atoms with van der Waals surface area (Å²) in [5.74, 6) is 0.310. The van der Waals surface area contributed by atoms with Crippen LogP contribution in [-0.4, -0.2) is 35.7 Å². The Morgan fingerprint density at radius 1 is 1.30 bits per heavy atom. The number of nitrogens with zero attached hydrogens (tertiary/aromatic N) is 1. The van der Waals surface area contributed by atoms with Crippen LogP contribution in [0.4, 0.5) is 4.79 Å². The quantitative estimate of drug-likeness (QED) is 0.924. The Kier molecular flexibility index (Phi) is 5.69. The van der Waals surface area contributed by atoms with Crippen LogP contribution in [-0.2, 0) is 11.2 Å². The minimum absolute atomic E-state index is 0.0479.